The van der Waals surface area contributed by atoms with Crippen LogP contribution in [0.1, 0.15) is 20.7 Å². The molecular weight excluding hydrogens is 276 g/mol. The fourth-order valence-corrected chi connectivity index (χ4v) is 2.27. The fraction of sp³-hybridized carbons (Fsp3) is 0. The van der Waals surface area contributed by atoms with Crippen molar-refractivity contribution >= 4 is 28.9 Å². The van der Waals surface area contributed by atoms with Crippen LogP contribution in [0.4, 0.5) is 5.69 Å². The second-order valence-electron chi connectivity index (χ2n) is 4.25. The van der Waals surface area contributed by atoms with Gasteiger partial charge < -0.3 is 5.32 Å². The van der Waals surface area contributed by atoms with Gasteiger partial charge in [-0.25, -0.2) is 0 Å². The summed E-state index contributed by atoms with van der Waals surface area (Å²) in [4.78, 5) is 28.5. The van der Waals surface area contributed by atoms with Crippen molar-refractivity contribution in [3.05, 3.63) is 70.6 Å². The Morgan fingerprint density at radius 1 is 0.900 bits per heavy atom. The summed E-state index contributed by atoms with van der Waals surface area (Å²) in [5.74, 6) is -0.638. The van der Waals surface area contributed by atoms with Gasteiger partial charge in [0.25, 0.3) is 0 Å². The third-order valence-corrected chi connectivity index (χ3v) is 3.37. The van der Waals surface area contributed by atoms with E-state index in [4.69, 9.17) is 11.6 Å². The predicted octanol–water partition coefficient (Wildman–Crippen LogP) is 3.02. The van der Waals surface area contributed by atoms with E-state index in [9.17, 15) is 9.59 Å². The van der Waals surface area contributed by atoms with E-state index in [1.54, 1.807) is 48.8 Å². The van der Waals surface area contributed by atoms with E-state index >= 15 is 0 Å². The standard InChI is InChI=1S/C15H9ClN2O2/c16-12-13(18-9-5-7-17-8-6-9)15(20)11-4-2-1-3-10(11)14(12)19/h1-8H,(H,17,18). The molecule has 0 spiro atoms. The maximum atomic E-state index is 12.4. The Hall–Kier alpha value is -2.46. The summed E-state index contributed by atoms with van der Waals surface area (Å²) in [7, 11) is 0. The first-order chi connectivity index (χ1) is 9.68. The molecule has 0 atom stereocenters. The lowest BCUT2D eigenvalue weighted by Crippen LogP contribution is -2.24. The molecule has 0 aliphatic heterocycles. The van der Waals surface area contributed by atoms with E-state index in [0.29, 0.717) is 16.8 Å². The molecule has 4 nitrogen and oxygen atoms in total. The number of aromatic nitrogens is 1. The predicted molar refractivity (Wildman–Crippen MR) is 75.8 cm³/mol. The molecule has 3 rings (SSSR count). The van der Waals surface area contributed by atoms with Gasteiger partial charge in [0.15, 0.2) is 0 Å². The summed E-state index contributed by atoms with van der Waals surface area (Å²) >= 11 is 6.04. The Kier molecular flexibility index (Phi) is 3.08. The molecule has 0 saturated carbocycles. The zero-order valence-electron chi connectivity index (χ0n) is 10.3. The number of carbonyl (C=O) groups is 2. The van der Waals surface area contributed by atoms with Gasteiger partial charge in [-0.1, -0.05) is 35.9 Å². The van der Waals surface area contributed by atoms with Gasteiger partial charge in [0, 0.05) is 29.2 Å². The van der Waals surface area contributed by atoms with Crippen molar-refractivity contribution in [2.75, 3.05) is 5.32 Å². The number of anilines is 1. The lowest BCUT2D eigenvalue weighted by molar-refractivity contribution is 0.0982. The van der Waals surface area contributed by atoms with Crippen LogP contribution in [0.15, 0.2) is 59.5 Å². The first-order valence-corrected chi connectivity index (χ1v) is 6.31. The molecule has 0 amide bonds. The van der Waals surface area contributed by atoms with Gasteiger partial charge >= 0.3 is 0 Å². The second-order valence-corrected chi connectivity index (χ2v) is 4.63. The summed E-state index contributed by atoms with van der Waals surface area (Å²) in [6.45, 7) is 0. The summed E-state index contributed by atoms with van der Waals surface area (Å²) in [5.41, 5.74) is 1.44. The van der Waals surface area contributed by atoms with E-state index in [0.717, 1.165) is 0 Å². The number of Topliss-reactive ketones (excluding diaryl/α,β-unsaturated/α-hetero) is 2. The van der Waals surface area contributed by atoms with Crippen molar-refractivity contribution in [2.24, 2.45) is 0 Å². The Morgan fingerprint density at radius 2 is 1.50 bits per heavy atom. The van der Waals surface area contributed by atoms with Crippen LogP contribution in [0.2, 0.25) is 0 Å². The Labute approximate surface area is 120 Å². The minimum atomic E-state index is -0.349. The highest BCUT2D eigenvalue weighted by Gasteiger charge is 2.31. The minimum Gasteiger partial charge on any atom is -0.351 e. The van der Waals surface area contributed by atoms with Gasteiger partial charge in [0.05, 0.1) is 0 Å². The maximum absolute atomic E-state index is 12.4. The van der Waals surface area contributed by atoms with Crippen molar-refractivity contribution in [3.8, 4) is 0 Å². The molecule has 1 aliphatic carbocycles. The van der Waals surface area contributed by atoms with Crippen LogP contribution >= 0.6 is 11.6 Å². The van der Waals surface area contributed by atoms with Gasteiger partial charge in [-0.05, 0) is 12.1 Å². The highest BCUT2D eigenvalue weighted by atomic mass is 35.5. The summed E-state index contributed by atoms with van der Waals surface area (Å²) in [5, 5.41) is 2.80. The molecule has 5 heteroatoms. The average molecular weight is 285 g/mol. The molecule has 1 aromatic carbocycles. The SMILES string of the molecule is O=C1C(Cl)=C(Nc2ccncc2)C(=O)c2ccccc21. The van der Waals surface area contributed by atoms with E-state index in [1.165, 1.54) is 0 Å². The van der Waals surface area contributed by atoms with E-state index < -0.39 is 0 Å². The van der Waals surface area contributed by atoms with E-state index in [1.807, 2.05) is 0 Å². The molecule has 0 unspecified atom stereocenters. The van der Waals surface area contributed by atoms with Crippen molar-refractivity contribution in [2.45, 2.75) is 0 Å². The van der Waals surface area contributed by atoms with Crippen molar-refractivity contribution in [1.82, 2.24) is 4.98 Å². The number of nitrogens with one attached hydrogen (secondary N) is 1. The maximum Gasteiger partial charge on any atom is 0.211 e. The van der Waals surface area contributed by atoms with Crippen LogP contribution in [0.25, 0.3) is 0 Å². The normalized spacial score (nSPS) is 14.2. The second kappa shape index (κ2) is 4.90. The summed E-state index contributed by atoms with van der Waals surface area (Å²) < 4.78 is 0. The van der Waals surface area contributed by atoms with Crippen molar-refractivity contribution in [3.63, 3.8) is 0 Å². The van der Waals surface area contributed by atoms with Crippen LogP contribution in [-0.4, -0.2) is 16.6 Å². The van der Waals surface area contributed by atoms with E-state index in [-0.39, 0.29) is 22.3 Å². The molecule has 20 heavy (non-hydrogen) atoms. The number of hydrogen-bond donors (Lipinski definition) is 1. The number of nitrogens with zero attached hydrogens (tertiary/aromatic N) is 1. The van der Waals surface area contributed by atoms with Crippen LogP contribution in [0, 0.1) is 0 Å². The highest BCUT2D eigenvalue weighted by molar-refractivity contribution is 6.50. The Morgan fingerprint density at radius 3 is 2.15 bits per heavy atom. The number of hydrogen-bond acceptors (Lipinski definition) is 4. The monoisotopic (exact) mass is 284 g/mol. The number of ketones is 2. The molecule has 2 aromatic rings. The van der Waals surface area contributed by atoms with Crippen molar-refractivity contribution < 1.29 is 9.59 Å². The first kappa shape index (κ1) is 12.6. The molecule has 1 aromatic heterocycles. The third kappa shape index (κ3) is 2.00. The Bertz CT molecular complexity index is 739. The third-order valence-electron chi connectivity index (χ3n) is 3.01. The summed E-state index contributed by atoms with van der Waals surface area (Å²) in [6.07, 6.45) is 3.17. The number of pyridine rings is 1. The lowest BCUT2D eigenvalue weighted by atomic mass is 9.92. The van der Waals surface area contributed by atoms with E-state index in [2.05, 4.69) is 10.3 Å². The minimum absolute atomic E-state index is 0.0921. The van der Waals surface area contributed by atoms with Gasteiger partial charge in [-0.15, -0.1) is 0 Å². The highest BCUT2D eigenvalue weighted by Crippen LogP contribution is 2.29. The quantitative estimate of drug-likeness (QED) is 0.921. The van der Waals surface area contributed by atoms with Gasteiger partial charge in [0.2, 0.25) is 11.6 Å². The first-order valence-electron chi connectivity index (χ1n) is 5.93. The fourth-order valence-electron chi connectivity index (χ4n) is 2.04. The van der Waals surface area contributed by atoms with Gasteiger partial charge in [-0.3, -0.25) is 14.6 Å². The lowest BCUT2D eigenvalue weighted by Gasteiger charge is -2.18. The zero-order chi connectivity index (χ0) is 14.1. The van der Waals surface area contributed by atoms with Crippen LogP contribution in [0.3, 0.4) is 0 Å². The number of halogens is 1. The number of allylic oxidation sites excluding steroid dienone is 2. The summed E-state index contributed by atoms with van der Waals surface area (Å²) in [6, 6.07) is 10.0. The molecule has 0 bridgehead atoms. The topological polar surface area (TPSA) is 59.1 Å². The number of carbonyl (C=O) groups excluding carboxylic acids is 2. The average Bonchev–Trinajstić information content (AvgIpc) is 2.50. The van der Waals surface area contributed by atoms with Crippen LogP contribution in [0.5, 0.6) is 0 Å². The molecule has 98 valence electrons. The molecule has 0 radical (unpaired) electrons. The molecule has 1 heterocycles. The molecule has 0 fully saturated rings. The zero-order valence-corrected chi connectivity index (χ0v) is 11.0. The van der Waals surface area contributed by atoms with Gasteiger partial charge in [0.1, 0.15) is 10.7 Å². The Balaban J connectivity index is 2.06. The number of fused-ring (bicyclic) bond motifs is 1. The number of benzene rings is 1. The number of rotatable bonds is 2. The smallest absolute Gasteiger partial charge is 0.211 e. The van der Waals surface area contributed by atoms with Crippen molar-refractivity contribution in [1.29, 1.82) is 0 Å². The van der Waals surface area contributed by atoms with Crippen LogP contribution in [-0.2, 0) is 0 Å². The van der Waals surface area contributed by atoms with Crippen LogP contribution < -0.4 is 5.32 Å². The molecule has 0 saturated heterocycles. The molecule has 1 aliphatic rings. The largest absolute Gasteiger partial charge is 0.351 e. The van der Waals surface area contributed by atoms with Gasteiger partial charge in [-0.2, -0.15) is 0 Å². The molecular formula is C15H9ClN2O2. The molecule has 1 N–H and O–H groups in total.